The highest BCUT2D eigenvalue weighted by atomic mass is 79.9. The number of amides is 2. The molecule has 1 atom stereocenters. The number of nitrogens with one attached hydrogen (secondary N) is 1. The van der Waals surface area contributed by atoms with E-state index in [2.05, 4.69) is 21.2 Å². The predicted octanol–water partition coefficient (Wildman–Crippen LogP) is 4.22. The number of halogens is 1. The molecule has 0 spiro atoms. The summed E-state index contributed by atoms with van der Waals surface area (Å²) in [6, 6.07) is 9.54. The van der Waals surface area contributed by atoms with Crippen molar-refractivity contribution in [2.75, 3.05) is 23.4 Å². The molecule has 1 aliphatic rings. The highest BCUT2D eigenvalue weighted by Gasteiger charge is 2.37. The molecule has 30 heavy (non-hydrogen) atoms. The van der Waals surface area contributed by atoms with Crippen molar-refractivity contribution < 1.29 is 19.1 Å². The van der Waals surface area contributed by atoms with Crippen molar-refractivity contribution in [2.45, 2.75) is 34.1 Å². The Labute approximate surface area is 184 Å². The quantitative estimate of drug-likeness (QED) is 0.660. The standard InChI is InChI=1S/C23H25BrN2O4/c1-13-6-5-7-20(16(13)4)26-11-17(10-22(26)28)23(29)30-12-21(27)25-19-9-14(2)18(24)8-15(19)3/h5-9,17H,10-12H2,1-4H3,(H,25,27)/t17-/m0/s1. The SMILES string of the molecule is Cc1cc(NC(=O)COC(=O)[C@H]2CC(=O)N(c3cccc(C)c3C)C2)c(C)cc1Br. The first-order chi connectivity index (χ1) is 14.2. The number of benzene rings is 2. The van der Waals surface area contributed by atoms with Gasteiger partial charge < -0.3 is 15.0 Å². The molecule has 158 valence electrons. The molecule has 2 aromatic carbocycles. The Balaban J connectivity index is 1.58. The molecular weight excluding hydrogens is 448 g/mol. The van der Waals surface area contributed by atoms with Crippen molar-refractivity contribution in [2.24, 2.45) is 5.92 Å². The van der Waals surface area contributed by atoms with E-state index in [-0.39, 0.29) is 25.5 Å². The normalized spacial score (nSPS) is 16.0. The maximum atomic E-state index is 12.5. The number of rotatable bonds is 5. The Morgan fingerprint density at radius 2 is 1.87 bits per heavy atom. The first-order valence-corrected chi connectivity index (χ1v) is 10.6. The lowest BCUT2D eigenvalue weighted by Gasteiger charge is -2.20. The van der Waals surface area contributed by atoms with Gasteiger partial charge in [0, 0.05) is 28.8 Å². The number of anilines is 2. The van der Waals surface area contributed by atoms with Gasteiger partial charge in [-0.05, 0) is 68.1 Å². The lowest BCUT2D eigenvalue weighted by molar-refractivity contribution is -0.151. The van der Waals surface area contributed by atoms with E-state index < -0.39 is 17.8 Å². The molecule has 1 fully saturated rings. The zero-order valence-electron chi connectivity index (χ0n) is 17.5. The van der Waals surface area contributed by atoms with Crippen LogP contribution in [0.15, 0.2) is 34.8 Å². The van der Waals surface area contributed by atoms with E-state index >= 15 is 0 Å². The van der Waals surface area contributed by atoms with Crippen LogP contribution in [0.3, 0.4) is 0 Å². The fraction of sp³-hybridized carbons (Fsp3) is 0.348. The predicted molar refractivity (Wildman–Crippen MR) is 120 cm³/mol. The van der Waals surface area contributed by atoms with Crippen molar-refractivity contribution in [3.63, 3.8) is 0 Å². The Morgan fingerprint density at radius 1 is 1.13 bits per heavy atom. The van der Waals surface area contributed by atoms with Crippen molar-refractivity contribution >= 4 is 45.1 Å². The van der Waals surface area contributed by atoms with Crippen LogP contribution in [0.25, 0.3) is 0 Å². The van der Waals surface area contributed by atoms with Gasteiger partial charge in [-0.15, -0.1) is 0 Å². The number of carbonyl (C=O) groups is 3. The summed E-state index contributed by atoms with van der Waals surface area (Å²) in [5, 5.41) is 2.77. The van der Waals surface area contributed by atoms with Gasteiger partial charge in [-0.2, -0.15) is 0 Å². The van der Waals surface area contributed by atoms with Gasteiger partial charge in [0.1, 0.15) is 0 Å². The van der Waals surface area contributed by atoms with Gasteiger partial charge in [-0.3, -0.25) is 14.4 Å². The number of aryl methyl sites for hydroxylation is 3. The van der Waals surface area contributed by atoms with E-state index in [0.29, 0.717) is 5.69 Å². The van der Waals surface area contributed by atoms with Crippen molar-refractivity contribution in [1.82, 2.24) is 0 Å². The Kier molecular flexibility index (Phi) is 6.61. The monoisotopic (exact) mass is 472 g/mol. The van der Waals surface area contributed by atoms with Crippen molar-refractivity contribution in [3.05, 3.63) is 57.1 Å². The Bertz CT molecular complexity index is 1020. The van der Waals surface area contributed by atoms with Crippen LogP contribution in [0.4, 0.5) is 11.4 Å². The number of hydrogen-bond acceptors (Lipinski definition) is 4. The summed E-state index contributed by atoms with van der Waals surface area (Å²) < 4.78 is 6.16. The average Bonchev–Trinajstić information content (AvgIpc) is 3.08. The second kappa shape index (κ2) is 9.00. The molecule has 3 rings (SSSR count). The molecule has 0 bridgehead atoms. The molecule has 1 aliphatic heterocycles. The lowest BCUT2D eigenvalue weighted by Crippen LogP contribution is -2.28. The van der Waals surface area contributed by atoms with Crippen LogP contribution >= 0.6 is 15.9 Å². The van der Waals surface area contributed by atoms with Gasteiger partial charge in [0.2, 0.25) is 5.91 Å². The maximum Gasteiger partial charge on any atom is 0.311 e. The second-order valence-electron chi connectivity index (χ2n) is 7.70. The third-order valence-corrected chi connectivity index (χ3v) is 6.30. The van der Waals surface area contributed by atoms with Crippen LogP contribution in [0.5, 0.6) is 0 Å². The molecule has 7 heteroatoms. The third-order valence-electron chi connectivity index (χ3n) is 5.45. The fourth-order valence-electron chi connectivity index (χ4n) is 3.48. The maximum absolute atomic E-state index is 12.5. The van der Waals surface area contributed by atoms with Gasteiger partial charge in [-0.25, -0.2) is 0 Å². The summed E-state index contributed by atoms with van der Waals surface area (Å²) in [7, 11) is 0. The van der Waals surface area contributed by atoms with E-state index in [1.165, 1.54) is 0 Å². The number of hydrogen-bond donors (Lipinski definition) is 1. The van der Waals surface area contributed by atoms with Gasteiger partial charge in [0.25, 0.3) is 5.91 Å². The Hall–Kier alpha value is -2.67. The highest BCUT2D eigenvalue weighted by Crippen LogP contribution is 2.30. The van der Waals surface area contributed by atoms with Crippen LogP contribution in [0.2, 0.25) is 0 Å². The lowest BCUT2D eigenvalue weighted by atomic mass is 10.1. The number of ether oxygens (including phenoxy) is 1. The molecule has 2 amide bonds. The molecule has 0 radical (unpaired) electrons. The molecule has 0 unspecified atom stereocenters. The number of esters is 1. The highest BCUT2D eigenvalue weighted by molar-refractivity contribution is 9.10. The molecular formula is C23H25BrN2O4. The molecule has 2 aromatic rings. The molecule has 1 heterocycles. The summed E-state index contributed by atoms with van der Waals surface area (Å²) in [4.78, 5) is 38.8. The van der Waals surface area contributed by atoms with E-state index in [1.807, 2.05) is 58.0 Å². The second-order valence-corrected chi connectivity index (χ2v) is 8.55. The van der Waals surface area contributed by atoms with E-state index in [0.717, 1.165) is 32.4 Å². The molecule has 0 aliphatic carbocycles. The Morgan fingerprint density at radius 3 is 2.60 bits per heavy atom. The third kappa shape index (κ3) is 4.73. The van der Waals surface area contributed by atoms with E-state index in [1.54, 1.807) is 4.90 Å². The van der Waals surface area contributed by atoms with Crippen LogP contribution in [0.1, 0.15) is 28.7 Å². The first-order valence-electron chi connectivity index (χ1n) is 9.77. The molecule has 0 saturated carbocycles. The van der Waals surface area contributed by atoms with Gasteiger partial charge in [-0.1, -0.05) is 28.1 Å². The minimum atomic E-state index is -0.582. The summed E-state index contributed by atoms with van der Waals surface area (Å²) in [5.74, 6) is -1.64. The number of carbonyl (C=O) groups excluding carboxylic acids is 3. The minimum absolute atomic E-state index is 0.0822. The van der Waals surface area contributed by atoms with Gasteiger partial charge >= 0.3 is 5.97 Å². The summed E-state index contributed by atoms with van der Waals surface area (Å²) in [6.07, 6.45) is 0.0822. The summed E-state index contributed by atoms with van der Waals surface area (Å²) in [6.45, 7) is 7.63. The fourth-order valence-corrected chi connectivity index (χ4v) is 3.94. The van der Waals surface area contributed by atoms with Crippen molar-refractivity contribution in [3.8, 4) is 0 Å². The summed E-state index contributed by atoms with van der Waals surface area (Å²) >= 11 is 3.46. The van der Waals surface area contributed by atoms with Crippen LogP contribution in [-0.2, 0) is 19.1 Å². The number of nitrogens with zero attached hydrogens (tertiary/aromatic N) is 1. The van der Waals surface area contributed by atoms with Gasteiger partial charge in [0.05, 0.1) is 5.92 Å². The van der Waals surface area contributed by atoms with E-state index in [4.69, 9.17) is 4.74 Å². The molecule has 6 nitrogen and oxygen atoms in total. The van der Waals surface area contributed by atoms with Crippen LogP contribution < -0.4 is 10.2 Å². The average molecular weight is 473 g/mol. The minimum Gasteiger partial charge on any atom is -0.455 e. The molecule has 0 aromatic heterocycles. The smallest absolute Gasteiger partial charge is 0.311 e. The van der Waals surface area contributed by atoms with Gasteiger partial charge in [0.15, 0.2) is 6.61 Å². The zero-order chi connectivity index (χ0) is 22.0. The zero-order valence-corrected chi connectivity index (χ0v) is 19.1. The van der Waals surface area contributed by atoms with E-state index in [9.17, 15) is 14.4 Å². The first kappa shape index (κ1) is 22.0. The summed E-state index contributed by atoms with van der Waals surface area (Å²) in [5.41, 5.74) is 5.48. The molecule has 1 saturated heterocycles. The van der Waals surface area contributed by atoms with Crippen molar-refractivity contribution in [1.29, 1.82) is 0 Å². The molecule has 1 N–H and O–H groups in total. The topological polar surface area (TPSA) is 75.7 Å². The largest absolute Gasteiger partial charge is 0.455 e. The van der Waals surface area contributed by atoms with Crippen LogP contribution in [-0.4, -0.2) is 30.9 Å². The van der Waals surface area contributed by atoms with Crippen LogP contribution in [0, 0.1) is 33.6 Å².